The van der Waals surface area contributed by atoms with Gasteiger partial charge in [0.2, 0.25) is 0 Å². The van der Waals surface area contributed by atoms with Crippen molar-refractivity contribution >= 4 is 16.5 Å². The number of rotatable bonds is 2. The lowest BCUT2D eigenvalue weighted by atomic mass is 9.72. The van der Waals surface area contributed by atoms with Gasteiger partial charge in [0.1, 0.15) is 0 Å². The second-order valence-corrected chi connectivity index (χ2v) is 5.90. The van der Waals surface area contributed by atoms with E-state index < -0.39 is 0 Å². The molecule has 0 spiro atoms. The number of hydrogen-bond donors (Lipinski definition) is 2. The quantitative estimate of drug-likeness (QED) is 0.816. The van der Waals surface area contributed by atoms with Crippen molar-refractivity contribution in [2.24, 2.45) is 11.7 Å². The topological polar surface area (TPSA) is 60.2 Å². The fourth-order valence-electron chi connectivity index (χ4n) is 2.60. The van der Waals surface area contributed by atoms with Gasteiger partial charge < -0.3 is 15.8 Å². The summed E-state index contributed by atoms with van der Waals surface area (Å²) in [7, 11) is 0. The molecule has 2 fully saturated rings. The summed E-state index contributed by atoms with van der Waals surface area (Å²) in [5.41, 5.74) is 7.24. The Morgan fingerprint density at radius 2 is 2.31 bits per heavy atom. The number of thiazole rings is 1. The predicted molar refractivity (Wildman–Crippen MR) is 64.8 cm³/mol. The first-order chi connectivity index (χ1) is 7.66. The molecule has 1 aromatic heterocycles. The van der Waals surface area contributed by atoms with Crippen LogP contribution in [0.1, 0.15) is 17.0 Å². The van der Waals surface area contributed by atoms with Gasteiger partial charge in [0.05, 0.1) is 17.8 Å². The number of nitrogens with two attached hydrogens (primary N) is 1. The number of anilines is 1. The molecule has 1 aliphatic carbocycles. The molecule has 88 valence electrons. The number of aromatic nitrogens is 1. The minimum Gasteiger partial charge on any atom is -0.376 e. The average molecular weight is 239 g/mol. The van der Waals surface area contributed by atoms with Crippen molar-refractivity contribution in [3.05, 3.63) is 10.6 Å². The summed E-state index contributed by atoms with van der Waals surface area (Å²) in [6.07, 6.45) is 1.42. The highest BCUT2D eigenvalue weighted by molar-refractivity contribution is 7.15. The van der Waals surface area contributed by atoms with Gasteiger partial charge in [0.15, 0.2) is 5.13 Å². The zero-order valence-electron chi connectivity index (χ0n) is 9.56. The van der Waals surface area contributed by atoms with Gasteiger partial charge in [-0.05, 0) is 20.3 Å². The van der Waals surface area contributed by atoms with Crippen molar-refractivity contribution in [1.29, 1.82) is 0 Å². The van der Waals surface area contributed by atoms with Gasteiger partial charge in [-0.15, -0.1) is 11.3 Å². The lowest BCUT2D eigenvalue weighted by Gasteiger charge is -2.45. The summed E-state index contributed by atoms with van der Waals surface area (Å²) in [6, 6.07) is 0.467. The Balaban J connectivity index is 1.71. The maximum Gasteiger partial charge on any atom is 0.183 e. The molecule has 1 aromatic rings. The summed E-state index contributed by atoms with van der Waals surface area (Å²) in [5.74, 6) is 0.555. The van der Waals surface area contributed by atoms with Gasteiger partial charge in [-0.1, -0.05) is 0 Å². The van der Waals surface area contributed by atoms with Gasteiger partial charge in [0, 0.05) is 23.4 Å². The Morgan fingerprint density at radius 1 is 1.50 bits per heavy atom. The van der Waals surface area contributed by atoms with Gasteiger partial charge in [0.25, 0.3) is 0 Å². The lowest BCUT2D eigenvalue weighted by molar-refractivity contribution is 0.00537. The van der Waals surface area contributed by atoms with E-state index in [9.17, 15) is 0 Å². The molecule has 1 saturated carbocycles. The van der Waals surface area contributed by atoms with E-state index in [4.69, 9.17) is 10.5 Å². The molecule has 1 saturated heterocycles. The van der Waals surface area contributed by atoms with Crippen LogP contribution in [-0.4, -0.2) is 29.8 Å². The molecular formula is C11H17N3OS. The lowest BCUT2D eigenvalue weighted by Crippen LogP contribution is -2.65. The first-order valence-electron chi connectivity index (χ1n) is 5.74. The highest BCUT2D eigenvalue weighted by atomic mass is 32.1. The van der Waals surface area contributed by atoms with Crippen molar-refractivity contribution in [2.45, 2.75) is 38.5 Å². The highest BCUT2D eigenvalue weighted by Gasteiger charge is 2.52. The Morgan fingerprint density at radius 3 is 3.00 bits per heavy atom. The van der Waals surface area contributed by atoms with Crippen LogP contribution in [0.5, 0.6) is 0 Å². The van der Waals surface area contributed by atoms with Gasteiger partial charge in [-0.3, -0.25) is 0 Å². The summed E-state index contributed by atoms with van der Waals surface area (Å²) in [4.78, 5) is 5.74. The number of nitrogens with zero attached hydrogens (tertiary/aromatic N) is 1. The molecule has 2 aliphatic rings. The van der Waals surface area contributed by atoms with Crippen LogP contribution in [0.2, 0.25) is 0 Å². The molecule has 4 nitrogen and oxygen atoms in total. The molecule has 1 aliphatic heterocycles. The largest absolute Gasteiger partial charge is 0.376 e. The SMILES string of the molecule is Cc1nc(NC2C(N)C3CCOC32)sc1C. The average Bonchev–Trinajstić information content (AvgIpc) is 2.81. The van der Waals surface area contributed by atoms with E-state index >= 15 is 0 Å². The van der Waals surface area contributed by atoms with Crippen LogP contribution in [0.25, 0.3) is 0 Å². The molecule has 4 unspecified atom stereocenters. The summed E-state index contributed by atoms with van der Waals surface area (Å²) in [6.45, 7) is 4.98. The molecule has 2 heterocycles. The smallest absolute Gasteiger partial charge is 0.183 e. The van der Waals surface area contributed by atoms with Crippen LogP contribution in [0, 0.1) is 19.8 Å². The van der Waals surface area contributed by atoms with Crippen LogP contribution in [0.3, 0.4) is 0 Å². The van der Waals surface area contributed by atoms with E-state index in [2.05, 4.69) is 17.2 Å². The van der Waals surface area contributed by atoms with Gasteiger partial charge in [-0.25, -0.2) is 4.98 Å². The van der Waals surface area contributed by atoms with E-state index in [1.54, 1.807) is 11.3 Å². The van der Waals surface area contributed by atoms with Crippen molar-refractivity contribution in [3.8, 4) is 0 Å². The van der Waals surface area contributed by atoms with E-state index in [0.717, 1.165) is 23.9 Å². The Kier molecular flexibility index (Phi) is 2.42. The zero-order chi connectivity index (χ0) is 11.3. The third-order valence-electron chi connectivity index (χ3n) is 3.77. The molecule has 0 bridgehead atoms. The number of ether oxygens (including phenoxy) is 1. The second kappa shape index (κ2) is 3.68. The maximum atomic E-state index is 6.13. The van der Waals surface area contributed by atoms with Crippen molar-refractivity contribution in [3.63, 3.8) is 0 Å². The zero-order valence-corrected chi connectivity index (χ0v) is 10.4. The monoisotopic (exact) mass is 239 g/mol. The van der Waals surface area contributed by atoms with Gasteiger partial charge >= 0.3 is 0 Å². The van der Waals surface area contributed by atoms with Gasteiger partial charge in [-0.2, -0.15) is 0 Å². The van der Waals surface area contributed by atoms with Crippen LogP contribution in [0.4, 0.5) is 5.13 Å². The fraction of sp³-hybridized carbons (Fsp3) is 0.727. The minimum absolute atomic E-state index is 0.219. The van der Waals surface area contributed by atoms with Crippen molar-refractivity contribution in [1.82, 2.24) is 4.98 Å². The maximum absolute atomic E-state index is 6.13. The summed E-state index contributed by atoms with van der Waals surface area (Å²) in [5, 5.41) is 4.39. The third kappa shape index (κ3) is 1.46. The summed E-state index contributed by atoms with van der Waals surface area (Å²) < 4.78 is 5.68. The van der Waals surface area contributed by atoms with E-state index in [0.29, 0.717) is 12.0 Å². The third-order valence-corrected chi connectivity index (χ3v) is 4.77. The van der Waals surface area contributed by atoms with Crippen molar-refractivity contribution in [2.75, 3.05) is 11.9 Å². The normalized spacial score (nSPS) is 36.9. The van der Waals surface area contributed by atoms with Crippen LogP contribution >= 0.6 is 11.3 Å². The number of aryl methyl sites for hydroxylation is 2. The number of nitrogens with one attached hydrogen (secondary N) is 1. The molecule has 0 radical (unpaired) electrons. The van der Waals surface area contributed by atoms with Crippen molar-refractivity contribution < 1.29 is 4.74 Å². The first kappa shape index (κ1) is 10.5. The molecule has 4 atom stereocenters. The first-order valence-corrected chi connectivity index (χ1v) is 6.56. The van der Waals surface area contributed by atoms with E-state index in [1.807, 2.05) is 6.92 Å². The van der Waals surface area contributed by atoms with Crippen LogP contribution < -0.4 is 11.1 Å². The van der Waals surface area contributed by atoms with E-state index in [-0.39, 0.29) is 12.1 Å². The number of fused-ring (bicyclic) bond motifs is 1. The molecule has 0 amide bonds. The molecule has 16 heavy (non-hydrogen) atoms. The minimum atomic E-state index is 0.219. The molecule has 3 N–H and O–H groups in total. The molecule has 0 aromatic carbocycles. The Bertz CT molecular complexity index is 386. The Labute approximate surface area is 99.2 Å². The predicted octanol–water partition coefficient (Wildman–Crippen LogP) is 1.29. The second-order valence-electron chi connectivity index (χ2n) is 4.70. The van der Waals surface area contributed by atoms with Crippen LogP contribution in [0.15, 0.2) is 0 Å². The molecular weight excluding hydrogens is 222 g/mol. The molecule has 5 heteroatoms. The highest BCUT2D eigenvalue weighted by Crippen LogP contribution is 2.39. The molecule has 3 rings (SSSR count). The summed E-state index contributed by atoms with van der Waals surface area (Å²) >= 11 is 1.69. The number of hydrogen-bond acceptors (Lipinski definition) is 5. The standard InChI is InChI=1S/C11H17N3OS/c1-5-6(2)16-11(13-5)14-9-8(12)7-3-4-15-10(7)9/h7-10H,3-4,12H2,1-2H3,(H,13,14). The van der Waals surface area contributed by atoms with Crippen LogP contribution in [-0.2, 0) is 4.74 Å². The fourth-order valence-corrected chi connectivity index (χ4v) is 3.47. The van der Waals surface area contributed by atoms with E-state index in [1.165, 1.54) is 4.88 Å². The Hall–Kier alpha value is -0.650.